The van der Waals surface area contributed by atoms with Gasteiger partial charge >= 0.3 is 0 Å². The third kappa shape index (κ3) is 4.97. The van der Waals surface area contributed by atoms with Crippen LogP contribution in [0.3, 0.4) is 0 Å². The number of nitrogens with one attached hydrogen (secondary N) is 1. The van der Waals surface area contributed by atoms with Crippen LogP contribution in [0.4, 0.5) is 5.69 Å². The van der Waals surface area contributed by atoms with Gasteiger partial charge < -0.3 is 5.32 Å². The highest BCUT2D eigenvalue weighted by Crippen LogP contribution is 2.24. The maximum absolute atomic E-state index is 13.0. The van der Waals surface area contributed by atoms with Crippen molar-refractivity contribution in [2.75, 3.05) is 10.8 Å². The van der Waals surface area contributed by atoms with Gasteiger partial charge in [0.1, 0.15) is 0 Å². The molecule has 0 spiro atoms. The highest BCUT2D eigenvalue weighted by molar-refractivity contribution is 7.92. The molecule has 1 N–H and O–H groups in total. The molecule has 0 fully saturated rings. The molecular formula is C25H28N2O3S. The van der Waals surface area contributed by atoms with Gasteiger partial charge in [0, 0.05) is 12.1 Å². The minimum atomic E-state index is -3.67. The molecule has 0 aliphatic heterocycles. The second kappa shape index (κ2) is 9.35. The SMILES string of the molecule is CCN(c1ccc(C(=O)N[C@@H](C)c2ccc(C)c(C)c2)cc1)S(=O)(=O)c1ccccc1. The summed E-state index contributed by atoms with van der Waals surface area (Å²) in [6, 6.07) is 21.0. The Balaban J connectivity index is 1.77. The highest BCUT2D eigenvalue weighted by Gasteiger charge is 2.23. The van der Waals surface area contributed by atoms with Gasteiger partial charge in [-0.2, -0.15) is 0 Å². The van der Waals surface area contributed by atoms with E-state index in [1.807, 2.05) is 13.0 Å². The first-order valence-corrected chi connectivity index (χ1v) is 11.7. The number of amides is 1. The molecule has 0 bridgehead atoms. The molecule has 0 aromatic heterocycles. The van der Waals surface area contributed by atoms with E-state index in [1.54, 1.807) is 61.5 Å². The highest BCUT2D eigenvalue weighted by atomic mass is 32.2. The molecule has 0 saturated carbocycles. The van der Waals surface area contributed by atoms with E-state index >= 15 is 0 Å². The number of sulfonamides is 1. The van der Waals surface area contributed by atoms with Gasteiger partial charge in [-0.05, 0) is 80.8 Å². The molecule has 0 aliphatic rings. The van der Waals surface area contributed by atoms with Gasteiger partial charge in [-0.25, -0.2) is 8.42 Å². The molecule has 3 rings (SSSR count). The van der Waals surface area contributed by atoms with E-state index in [0.29, 0.717) is 11.3 Å². The molecular weight excluding hydrogens is 408 g/mol. The number of nitrogens with zero attached hydrogens (tertiary/aromatic N) is 1. The van der Waals surface area contributed by atoms with Crippen LogP contribution in [0.15, 0.2) is 77.7 Å². The number of hydrogen-bond acceptors (Lipinski definition) is 3. The van der Waals surface area contributed by atoms with Crippen LogP contribution < -0.4 is 9.62 Å². The van der Waals surface area contributed by atoms with Crippen LogP contribution in [0.1, 0.15) is 46.9 Å². The number of aryl methyl sites for hydroxylation is 2. The van der Waals surface area contributed by atoms with Gasteiger partial charge in [-0.1, -0.05) is 36.4 Å². The van der Waals surface area contributed by atoms with Crippen molar-refractivity contribution in [2.24, 2.45) is 0 Å². The molecule has 6 heteroatoms. The quantitative estimate of drug-likeness (QED) is 0.566. The average Bonchev–Trinajstić information content (AvgIpc) is 2.77. The standard InChI is InChI=1S/C25H28N2O3S/c1-5-27(31(29,30)24-9-7-6-8-10-24)23-15-13-21(14-16-23)25(28)26-20(4)22-12-11-18(2)19(3)17-22/h6-17,20H,5H2,1-4H3,(H,26,28)/t20-/m0/s1. The maximum atomic E-state index is 13.0. The molecule has 31 heavy (non-hydrogen) atoms. The van der Waals surface area contributed by atoms with Gasteiger partial charge in [0.25, 0.3) is 15.9 Å². The van der Waals surface area contributed by atoms with E-state index in [2.05, 4.69) is 31.3 Å². The summed E-state index contributed by atoms with van der Waals surface area (Å²) in [6.45, 7) is 8.12. The zero-order valence-corrected chi connectivity index (χ0v) is 19.1. The van der Waals surface area contributed by atoms with Gasteiger partial charge in [-0.3, -0.25) is 9.10 Å². The fourth-order valence-electron chi connectivity index (χ4n) is 3.39. The molecule has 0 unspecified atom stereocenters. The van der Waals surface area contributed by atoms with Gasteiger partial charge in [0.05, 0.1) is 16.6 Å². The van der Waals surface area contributed by atoms with Crippen molar-refractivity contribution in [3.05, 3.63) is 95.1 Å². The molecule has 1 atom stereocenters. The predicted octanol–water partition coefficient (Wildman–Crippen LogP) is 5.01. The van der Waals surface area contributed by atoms with Gasteiger partial charge in [-0.15, -0.1) is 0 Å². The largest absolute Gasteiger partial charge is 0.346 e. The van der Waals surface area contributed by atoms with Crippen molar-refractivity contribution in [2.45, 2.75) is 38.6 Å². The Hall–Kier alpha value is -3.12. The smallest absolute Gasteiger partial charge is 0.264 e. The van der Waals surface area contributed by atoms with Crippen LogP contribution in [0.25, 0.3) is 0 Å². The summed E-state index contributed by atoms with van der Waals surface area (Å²) in [5.41, 5.74) is 4.43. The van der Waals surface area contributed by atoms with Crippen molar-refractivity contribution in [3.8, 4) is 0 Å². The summed E-state index contributed by atoms with van der Waals surface area (Å²) >= 11 is 0. The third-order valence-electron chi connectivity index (χ3n) is 5.41. The van der Waals surface area contributed by atoms with E-state index in [0.717, 1.165) is 5.56 Å². The van der Waals surface area contributed by atoms with Crippen molar-refractivity contribution in [3.63, 3.8) is 0 Å². The molecule has 0 saturated heterocycles. The van der Waals surface area contributed by atoms with Crippen molar-refractivity contribution in [1.82, 2.24) is 5.32 Å². The lowest BCUT2D eigenvalue weighted by molar-refractivity contribution is 0.0940. The topological polar surface area (TPSA) is 66.5 Å². The molecule has 3 aromatic rings. The predicted molar refractivity (Wildman–Crippen MR) is 125 cm³/mol. The number of carbonyl (C=O) groups is 1. The monoisotopic (exact) mass is 436 g/mol. The van der Waals surface area contributed by atoms with E-state index in [1.165, 1.54) is 15.4 Å². The van der Waals surface area contributed by atoms with Crippen LogP contribution in [-0.4, -0.2) is 20.9 Å². The fraction of sp³-hybridized carbons (Fsp3) is 0.240. The second-order valence-electron chi connectivity index (χ2n) is 7.57. The Morgan fingerprint density at radius 1 is 0.935 bits per heavy atom. The van der Waals surface area contributed by atoms with Crippen LogP contribution in [0, 0.1) is 13.8 Å². The fourth-order valence-corrected chi connectivity index (χ4v) is 4.88. The number of anilines is 1. The minimum absolute atomic E-state index is 0.142. The second-order valence-corrected chi connectivity index (χ2v) is 9.43. The minimum Gasteiger partial charge on any atom is -0.346 e. The summed E-state index contributed by atoms with van der Waals surface area (Å²) in [5.74, 6) is -0.203. The van der Waals surface area contributed by atoms with Crippen molar-refractivity contribution in [1.29, 1.82) is 0 Å². The summed E-state index contributed by atoms with van der Waals surface area (Å²) in [5, 5.41) is 3.01. The Bertz CT molecular complexity index is 1160. The Morgan fingerprint density at radius 2 is 1.58 bits per heavy atom. The summed E-state index contributed by atoms with van der Waals surface area (Å²) in [6.07, 6.45) is 0. The van der Waals surface area contributed by atoms with Crippen LogP contribution >= 0.6 is 0 Å². The zero-order chi connectivity index (χ0) is 22.6. The average molecular weight is 437 g/mol. The lowest BCUT2D eigenvalue weighted by Crippen LogP contribution is -2.31. The Morgan fingerprint density at radius 3 is 2.16 bits per heavy atom. The Kier molecular flexibility index (Phi) is 6.81. The van der Waals surface area contributed by atoms with Crippen molar-refractivity contribution >= 4 is 21.6 Å². The summed E-state index contributed by atoms with van der Waals surface area (Å²) < 4.78 is 27.3. The first-order chi connectivity index (χ1) is 14.7. The van der Waals surface area contributed by atoms with Crippen LogP contribution in [-0.2, 0) is 10.0 Å². The normalized spacial score (nSPS) is 12.3. The van der Waals surface area contributed by atoms with E-state index in [9.17, 15) is 13.2 Å². The summed E-state index contributed by atoms with van der Waals surface area (Å²) in [4.78, 5) is 12.9. The van der Waals surface area contributed by atoms with Crippen LogP contribution in [0.2, 0.25) is 0 Å². The molecule has 162 valence electrons. The number of carbonyl (C=O) groups excluding carboxylic acids is 1. The molecule has 3 aromatic carbocycles. The molecule has 1 amide bonds. The number of rotatable bonds is 7. The summed E-state index contributed by atoms with van der Waals surface area (Å²) in [7, 11) is -3.67. The van der Waals surface area contributed by atoms with Crippen molar-refractivity contribution < 1.29 is 13.2 Å². The molecule has 5 nitrogen and oxygen atoms in total. The van der Waals surface area contributed by atoms with Crippen LogP contribution in [0.5, 0.6) is 0 Å². The van der Waals surface area contributed by atoms with Gasteiger partial charge in [0.15, 0.2) is 0 Å². The number of hydrogen-bond donors (Lipinski definition) is 1. The molecule has 0 aliphatic carbocycles. The van der Waals surface area contributed by atoms with E-state index < -0.39 is 10.0 Å². The molecule has 0 heterocycles. The maximum Gasteiger partial charge on any atom is 0.264 e. The lowest BCUT2D eigenvalue weighted by Gasteiger charge is -2.23. The Labute approximate surface area is 184 Å². The van der Waals surface area contributed by atoms with E-state index in [-0.39, 0.29) is 23.4 Å². The zero-order valence-electron chi connectivity index (χ0n) is 18.3. The number of benzene rings is 3. The first kappa shape index (κ1) is 22.6. The first-order valence-electron chi connectivity index (χ1n) is 10.3. The molecule has 0 radical (unpaired) electrons. The lowest BCUT2D eigenvalue weighted by atomic mass is 10.0. The van der Waals surface area contributed by atoms with E-state index in [4.69, 9.17) is 0 Å². The third-order valence-corrected chi connectivity index (χ3v) is 7.33. The van der Waals surface area contributed by atoms with Gasteiger partial charge in [0.2, 0.25) is 0 Å².